The van der Waals surface area contributed by atoms with Crippen LogP contribution in [-0.4, -0.2) is 30.7 Å². The second-order valence-electron chi connectivity index (χ2n) is 5.13. The largest absolute Gasteiger partial charge is 0.356 e. The molecule has 0 saturated heterocycles. The minimum atomic E-state index is 0.0615. The molecule has 118 valence electrons. The molecule has 0 spiro atoms. The van der Waals surface area contributed by atoms with Gasteiger partial charge in [-0.2, -0.15) is 12.6 Å². The molecule has 0 radical (unpaired) electrons. The van der Waals surface area contributed by atoms with Gasteiger partial charge >= 0.3 is 0 Å². The molecule has 0 heterocycles. The number of amides is 2. The van der Waals surface area contributed by atoms with Gasteiger partial charge in [0.05, 0.1) is 0 Å². The Labute approximate surface area is 128 Å². The van der Waals surface area contributed by atoms with E-state index in [4.69, 9.17) is 0 Å². The van der Waals surface area contributed by atoms with Crippen molar-refractivity contribution in [3.63, 3.8) is 0 Å². The van der Waals surface area contributed by atoms with Crippen LogP contribution in [0.4, 0.5) is 0 Å². The monoisotopic (exact) mass is 302 g/mol. The molecule has 0 rings (SSSR count). The average molecular weight is 302 g/mol. The lowest BCUT2D eigenvalue weighted by Gasteiger charge is -2.05. The van der Waals surface area contributed by atoms with Gasteiger partial charge in [-0.3, -0.25) is 9.59 Å². The van der Waals surface area contributed by atoms with Crippen molar-refractivity contribution in [1.29, 1.82) is 0 Å². The van der Waals surface area contributed by atoms with E-state index >= 15 is 0 Å². The normalized spacial score (nSPS) is 10.3. The highest BCUT2D eigenvalue weighted by atomic mass is 32.1. The van der Waals surface area contributed by atoms with Crippen molar-refractivity contribution in [2.24, 2.45) is 0 Å². The highest BCUT2D eigenvalue weighted by molar-refractivity contribution is 7.80. The molecule has 2 amide bonds. The van der Waals surface area contributed by atoms with Crippen LogP contribution in [0.15, 0.2) is 0 Å². The highest BCUT2D eigenvalue weighted by Crippen LogP contribution is 2.08. The van der Waals surface area contributed by atoms with Crippen LogP contribution >= 0.6 is 12.6 Å². The van der Waals surface area contributed by atoms with Gasteiger partial charge in [0.2, 0.25) is 11.8 Å². The molecule has 4 nitrogen and oxygen atoms in total. The van der Waals surface area contributed by atoms with E-state index in [-0.39, 0.29) is 11.8 Å². The van der Waals surface area contributed by atoms with Crippen molar-refractivity contribution < 1.29 is 9.59 Å². The van der Waals surface area contributed by atoms with Crippen LogP contribution in [0.3, 0.4) is 0 Å². The van der Waals surface area contributed by atoms with Crippen LogP contribution in [0, 0.1) is 0 Å². The Hall–Kier alpha value is -0.710. The minimum Gasteiger partial charge on any atom is -0.356 e. The third-order valence-electron chi connectivity index (χ3n) is 3.14. The van der Waals surface area contributed by atoms with Gasteiger partial charge in [-0.25, -0.2) is 0 Å². The summed E-state index contributed by atoms with van der Waals surface area (Å²) in [5.41, 5.74) is 0. The van der Waals surface area contributed by atoms with Gasteiger partial charge < -0.3 is 10.6 Å². The minimum absolute atomic E-state index is 0.0615. The van der Waals surface area contributed by atoms with Gasteiger partial charge in [-0.15, -0.1) is 0 Å². The van der Waals surface area contributed by atoms with Crippen molar-refractivity contribution >= 4 is 24.4 Å². The SMILES string of the molecule is CC(=O)NCCCCCCCCCCNC(=O)CCS. The van der Waals surface area contributed by atoms with Gasteiger partial charge in [0, 0.05) is 26.4 Å². The van der Waals surface area contributed by atoms with E-state index < -0.39 is 0 Å². The van der Waals surface area contributed by atoms with E-state index in [1.54, 1.807) is 6.92 Å². The fourth-order valence-corrected chi connectivity index (χ4v) is 2.20. The van der Waals surface area contributed by atoms with Crippen molar-refractivity contribution in [1.82, 2.24) is 10.6 Å². The number of thiol groups is 1. The molecule has 0 atom stereocenters. The summed E-state index contributed by atoms with van der Waals surface area (Å²) < 4.78 is 0. The number of carbonyl (C=O) groups is 2. The standard InChI is InChI=1S/C15H30N2O2S/c1-14(18)16-11-8-6-4-2-3-5-7-9-12-17-15(19)10-13-20/h20H,2-13H2,1H3,(H,16,18)(H,17,19). The lowest BCUT2D eigenvalue weighted by atomic mass is 10.1. The zero-order chi connectivity index (χ0) is 15.1. The van der Waals surface area contributed by atoms with Gasteiger partial charge in [0.15, 0.2) is 0 Å². The Bertz CT molecular complexity index is 260. The number of unbranched alkanes of at least 4 members (excludes halogenated alkanes) is 7. The number of hydrogen-bond donors (Lipinski definition) is 3. The van der Waals surface area contributed by atoms with E-state index in [0.29, 0.717) is 12.2 Å². The van der Waals surface area contributed by atoms with E-state index in [0.717, 1.165) is 25.9 Å². The highest BCUT2D eigenvalue weighted by Gasteiger charge is 1.98. The van der Waals surface area contributed by atoms with Gasteiger partial charge in [-0.05, 0) is 18.6 Å². The molecule has 0 fully saturated rings. The second-order valence-corrected chi connectivity index (χ2v) is 5.58. The first-order chi connectivity index (χ1) is 9.66. The third-order valence-corrected chi connectivity index (χ3v) is 3.36. The molecular formula is C15H30N2O2S. The van der Waals surface area contributed by atoms with Crippen LogP contribution in [0.5, 0.6) is 0 Å². The summed E-state index contributed by atoms with van der Waals surface area (Å²) in [6, 6.07) is 0. The maximum atomic E-state index is 11.2. The van der Waals surface area contributed by atoms with Crippen molar-refractivity contribution in [3.05, 3.63) is 0 Å². The summed E-state index contributed by atoms with van der Waals surface area (Å²) >= 11 is 4.02. The molecule has 0 aliphatic heterocycles. The van der Waals surface area contributed by atoms with Crippen molar-refractivity contribution in [2.75, 3.05) is 18.8 Å². The van der Waals surface area contributed by atoms with Crippen LogP contribution in [0.2, 0.25) is 0 Å². The van der Waals surface area contributed by atoms with Crippen LogP contribution in [-0.2, 0) is 9.59 Å². The van der Waals surface area contributed by atoms with Crippen molar-refractivity contribution in [3.8, 4) is 0 Å². The average Bonchev–Trinajstić information content (AvgIpc) is 2.40. The van der Waals surface area contributed by atoms with Gasteiger partial charge in [0.25, 0.3) is 0 Å². The van der Waals surface area contributed by atoms with Crippen molar-refractivity contribution in [2.45, 2.75) is 64.7 Å². The Morgan fingerprint density at radius 3 is 1.70 bits per heavy atom. The van der Waals surface area contributed by atoms with E-state index in [1.807, 2.05) is 0 Å². The summed E-state index contributed by atoms with van der Waals surface area (Å²) in [7, 11) is 0. The summed E-state index contributed by atoms with van der Waals surface area (Å²) in [6.45, 7) is 3.16. The molecule has 2 N–H and O–H groups in total. The maximum Gasteiger partial charge on any atom is 0.220 e. The molecule has 0 aliphatic carbocycles. The smallest absolute Gasteiger partial charge is 0.220 e. The quantitative estimate of drug-likeness (QED) is 0.362. The molecule has 0 unspecified atom stereocenters. The molecular weight excluding hydrogens is 272 g/mol. The van der Waals surface area contributed by atoms with Crippen LogP contribution in [0.25, 0.3) is 0 Å². The summed E-state index contributed by atoms with van der Waals surface area (Å²) in [4.78, 5) is 21.8. The summed E-state index contributed by atoms with van der Waals surface area (Å²) in [6.07, 6.45) is 10.1. The predicted octanol–water partition coefficient (Wildman–Crippen LogP) is 2.68. The van der Waals surface area contributed by atoms with E-state index in [2.05, 4.69) is 23.3 Å². The molecule has 0 aromatic heterocycles. The Morgan fingerprint density at radius 2 is 1.25 bits per heavy atom. The number of hydrogen-bond acceptors (Lipinski definition) is 3. The summed E-state index contributed by atoms with van der Waals surface area (Å²) in [5, 5.41) is 5.71. The third kappa shape index (κ3) is 15.3. The number of nitrogens with one attached hydrogen (secondary N) is 2. The lowest BCUT2D eigenvalue weighted by molar-refractivity contribution is -0.121. The van der Waals surface area contributed by atoms with Gasteiger partial charge in [0.1, 0.15) is 0 Å². The number of rotatable bonds is 13. The molecule has 5 heteroatoms. The van der Waals surface area contributed by atoms with E-state index in [1.165, 1.54) is 38.5 Å². The maximum absolute atomic E-state index is 11.2. The molecule has 0 saturated carbocycles. The first-order valence-corrected chi connectivity index (χ1v) is 8.42. The molecule has 0 aromatic rings. The zero-order valence-electron chi connectivity index (χ0n) is 12.7. The topological polar surface area (TPSA) is 58.2 Å². The molecule has 0 aliphatic rings. The fourth-order valence-electron chi connectivity index (χ4n) is 1.99. The van der Waals surface area contributed by atoms with E-state index in [9.17, 15) is 9.59 Å². The van der Waals surface area contributed by atoms with Crippen LogP contribution in [0.1, 0.15) is 64.7 Å². The number of carbonyl (C=O) groups excluding carboxylic acids is 2. The Kier molecular flexibility index (Phi) is 14.2. The zero-order valence-corrected chi connectivity index (χ0v) is 13.6. The van der Waals surface area contributed by atoms with Gasteiger partial charge in [-0.1, -0.05) is 38.5 Å². The predicted molar refractivity (Wildman–Crippen MR) is 87.1 cm³/mol. The molecule has 20 heavy (non-hydrogen) atoms. The first kappa shape index (κ1) is 19.3. The van der Waals surface area contributed by atoms with Crippen LogP contribution < -0.4 is 10.6 Å². The Morgan fingerprint density at radius 1 is 0.800 bits per heavy atom. The molecule has 0 aromatic carbocycles. The molecule has 0 bridgehead atoms. The fraction of sp³-hybridized carbons (Fsp3) is 0.867. The second kappa shape index (κ2) is 14.7. The lowest BCUT2D eigenvalue weighted by Crippen LogP contribution is -2.24. The summed E-state index contributed by atoms with van der Waals surface area (Å²) in [5.74, 6) is 0.791. The Balaban J connectivity index is 3.06. The first-order valence-electron chi connectivity index (χ1n) is 7.79.